The van der Waals surface area contributed by atoms with Gasteiger partial charge in [0.25, 0.3) is 17.4 Å². The van der Waals surface area contributed by atoms with Gasteiger partial charge in [-0.1, -0.05) is 6.92 Å². The summed E-state index contributed by atoms with van der Waals surface area (Å²) in [7, 11) is 3.00. The summed E-state index contributed by atoms with van der Waals surface area (Å²) >= 11 is 0. The Labute approximate surface area is 177 Å². The Hall–Kier alpha value is -3.37. The number of amides is 3. The zero-order valence-electron chi connectivity index (χ0n) is 17.8. The van der Waals surface area contributed by atoms with Crippen molar-refractivity contribution in [3.8, 4) is 0 Å². The average Bonchev–Trinajstić information content (AvgIpc) is 3.30. The minimum absolute atomic E-state index is 0.233. The number of carbonyl (C=O) groups is 3. The number of nitrogens with zero attached hydrogens (tertiary/aromatic N) is 5. The maximum absolute atomic E-state index is 13.4. The Bertz CT molecular complexity index is 1180. The lowest BCUT2D eigenvalue weighted by Crippen LogP contribution is -2.48. The molecule has 2 fully saturated rings. The van der Waals surface area contributed by atoms with E-state index in [1.165, 1.54) is 11.6 Å². The highest BCUT2D eigenvalue weighted by Gasteiger charge is 2.39. The lowest BCUT2D eigenvalue weighted by molar-refractivity contribution is -0.127. The van der Waals surface area contributed by atoms with E-state index in [1.54, 1.807) is 22.6 Å². The third kappa shape index (κ3) is 3.24. The molecule has 0 radical (unpaired) electrons. The topological polar surface area (TPSA) is 116 Å². The van der Waals surface area contributed by atoms with Crippen molar-refractivity contribution in [3.05, 3.63) is 32.6 Å². The number of likely N-dealkylation sites (tertiary alicyclic amines) is 1. The van der Waals surface area contributed by atoms with E-state index in [0.717, 1.165) is 9.47 Å². The molecule has 4 rings (SSSR count). The first kappa shape index (κ1) is 20.9. The molecule has 0 spiro atoms. The summed E-state index contributed by atoms with van der Waals surface area (Å²) in [4.78, 5) is 64.9. The van der Waals surface area contributed by atoms with Crippen LogP contribution in [0.15, 0.2) is 15.7 Å². The number of ether oxygens (including phenoxy) is 1. The molecular formula is C20H25N5O6. The van der Waals surface area contributed by atoms with Gasteiger partial charge in [0, 0.05) is 39.8 Å². The molecular weight excluding hydrogens is 406 g/mol. The van der Waals surface area contributed by atoms with Crippen LogP contribution in [-0.2, 0) is 30.2 Å². The number of hydrogen-bond donors (Lipinski definition) is 0. The van der Waals surface area contributed by atoms with Gasteiger partial charge in [0.1, 0.15) is 11.3 Å². The Morgan fingerprint density at radius 3 is 2.35 bits per heavy atom. The maximum Gasteiger partial charge on any atom is 0.417 e. The van der Waals surface area contributed by atoms with Crippen molar-refractivity contribution in [2.45, 2.75) is 38.8 Å². The lowest BCUT2D eigenvalue weighted by atomic mass is 10.0. The van der Waals surface area contributed by atoms with Crippen molar-refractivity contribution in [2.75, 3.05) is 19.7 Å². The fourth-order valence-electron chi connectivity index (χ4n) is 4.47. The van der Waals surface area contributed by atoms with Gasteiger partial charge >= 0.3 is 11.8 Å². The molecule has 2 saturated heterocycles. The van der Waals surface area contributed by atoms with Gasteiger partial charge in [-0.15, -0.1) is 0 Å². The van der Waals surface area contributed by atoms with Crippen LogP contribution in [0.2, 0.25) is 0 Å². The average molecular weight is 431 g/mol. The molecule has 0 atom stereocenters. The Morgan fingerprint density at radius 2 is 1.77 bits per heavy atom. The number of fused-ring (bicyclic) bond motifs is 1. The van der Waals surface area contributed by atoms with Crippen LogP contribution in [0.3, 0.4) is 0 Å². The van der Waals surface area contributed by atoms with E-state index >= 15 is 0 Å². The van der Waals surface area contributed by atoms with Crippen LogP contribution in [0.4, 0.5) is 4.79 Å². The summed E-state index contributed by atoms with van der Waals surface area (Å²) in [6, 6.07) is 1.27. The van der Waals surface area contributed by atoms with Crippen molar-refractivity contribution in [1.82, 2.24) is 23.5 Å². The van der Waals surface area contributed by atoms with Gasteiger partial charge in [-0.05, 0) is 25.3 Å². The molecule has 0 aliphatic carbocycles. The van der Waals surface area contributed by atoms with Crippen LogP contribution in [0.1, 0.15) is 36.7 Å². The molecule has 0 N–H and O–H groups in total. The minimum Gasteiger partial charge on any atom is -0.439 e. The number of imide groups is 1. The summed E-state index contributed by atoms with van der Waals surface area (Å²) in [5.41, 5.74) is -0.106. The molecule has 0 aromatic carbocycles. The number of piperidine rings is 1. The number of carbonyl (C=O) groups excluding carboxylic acids is 3. The predicted molar refractivity (Wildman–Crippen MR) is 110 cm³/mol. The van der Waals surface area contributed by atoms with Crippen molar-refractivity contribution < 1.29 is 19.1 Å². The van der Waals surface area contributed by atoms with Gasteiger partial charge in [0.15, 0.2) is 6.61 Å². The maximum atomic E-state index is 13.4. The molecule has 0 unspecified atom stereocenters. The Kier molecular flexibility index (Phi) is 5.19. The van der Waals surface area contributed by atoms with Crippen molar-refractivity contribution >= 4 is 28.9 Å². The van der Waals surface area contributed by atoms with E-state index in [1.807, 2.05) is 6.92 Å². The molecule has 0 bridgehead atoms. The number of cyclic esters (lactones) is 1. The van der Waals surface area contributed by atoms with E-state index in [0.29, 0.717) is 55.6 Å². The zero-order valence-corrected chi connectivity index (χ0v) is 17.8. The standard InChI is InChI=1S/C20H25N5O6/c1-4-7-24-14(10-13-16(24)21(2)19(29)22(3)17(13)27)18(28)23-8-5-12(6-9-23)25-15(26)11-31-20(25)30/h10,12H,4-9,11H2,1-3H3. The summed E-state index contributed by atoms with van der Waals surface area (Å²) in [6.07, 6.45) is 1.01. The van der Waals surface area contributed by atoms with Crippen molar-refractivity contribution in [1.29, 1.82) is 0 Å². The summed E-state index contributed by atoms with van der Waals surface area (Å²) in [5, 5.41) is 0.321. The smallest absolute Gasteiger partial charge is 0.417 e. The molecule has 2 aromatic heterocycles. The third-order valence-corrected chi connectivity index (χ3v) is 6.06. The first-order chi connectivity index (χ1) is 14.8. The molecule has 11 heteroatoms. The number of rotatable bonds is 4. The first-order valence-electron chi connectivity index (χ1n) is 10.3. The van der Waals surface area contributed by atoms with Gasteiger partial charge in [0.05, 0.1) is 5.39 Å². The highest BCUT2D eigenvalue weighted by Crippen LogP contribution is 2.24. The Balaban J connectivity index is 1.65. The van der Waals surface area contributed by atoms with Crippen LogP contribution in [-0.4, -0.2) is 67.1 Å². The number of aryl methyl sites for hydroxylation is 2. The highest BCUT2D eigenvalue weighted by atomic mass is 16.6. The Morgan fingerprint density at radius 1 is 1.10 bits per heavy atom. The quantitative estimate of drug-likeness (QED) is 0.675. The first-order valence-corrected chi connectivity index (χ1v) is 10.3. The molecule has 2 aliphatic heterocycles. The number of aromatic nitrogens is 3. The minimum atomic E-state index is -0.630. The molecule has 2 aliphatic rings. The monoisotopic (exact) mass is 431 g/mol. The molecule has 2 aromatic rings. The van der Waals surface area contributed by atoms with Gasteiger partial charge in [-0.2, -0.15) is 0 Å². The van der Waals surface area contributed by atoms with Crippen LogP contribution in [0, 0.1) is 0 Å². The van der Waals surface area contributed by atoms with E-state index in [-0.39, 0.29) is 24.5 Å². The lowest BCUT2D eigenvalue weighted by Gasteiger charge is -2.34. The van der Waals surface area contributed by atoms with Crippen LogP contribution < -0.4 is 11.2 Å². The second kappa shape index (κ2) is 7.71. The SMILES string of the molecule is CCCn1c(C(=O)N2CCC(N3C(=O)COC3=O)CC2)cc2c(=O)n(C)c(=O)n(C)c21. The summed E-state index contributed by atoms with van der Waals surface area (Å²) in [5.74, 6) is -0.595. The van der Waals surface area contributed by atoms with Crippen molar-refractivity contribution in [3.63, 3.8) is 0 Å². The van der Waals surface area contributed by atoms with Crippen molar-refractivity contribution in [2.24, 2.45) is 14.1 Å². The van der Waals surface area contributed by atoms with Crippen LogP contribution in [0.5, 0.6) is 0 Å². The fraction of sp³-hybridized carbons (Fsp3) is 0.550. The van der Waals surface area contributed by atoms with Crippen LogP contribution in [0.25, 0.3) is 11.0 Å². The second-order valence-electron chi connectivity index (χ2n) is 7.97. The zero-order chi connectivity index (χ0) is 22.4. The van der Waals surface area contributed by atoms with Gasteiger partial charge < -0.3 is 14.2 Å². The van der Waals surface area contributed by atoms with Crippen LogP contribution >= 0.6 is 0 Å². The van der Waals surface area contributed by atoms with E-state index < -0.39 is 17.3 Å². The predicted octanol–water partition coefficient (Wildman–Crippen LogP) is 0.0321. The molecule has 31 heavy (non-hydrogen) atoms. The molecule has 166 valence electrons. The number of hydrogen-bond acceptors (Lipinski definition) is 6. The summed E-state index contributed by atoms with van der Waals surface area (Å²) < 4.78 is 8.94. The molecule has 3 amide bonds. The highest BCUT2D eigenvalue weighted by molar-refractivity contribution is 5.99. The molecule has 0 saturated carbocycles. The largest absolute Gasteiger partial charge is 0.439 e. The van der Waals surface area contributed by atoms with Gasteiger partial charge in [-0.25, -0.2) is 14.5 Å². The third-order valence-electron chi connectivity index (χ3n) is 6.06. The molecule has 11 nitrogen and oxygen atoms in total. The summed E-state index contributed by atoms with van der Waals surface area (Å²) in [6.45, 7) is 2.94. The van der Waals surface area contributed by atoms with Gasteiger partial charge in [0.2, 0.25) is 0 Å². The normalized spacial score (nSPS) is 17.6. The second-order valence-corrected chi connectivity index (χ2v) is 7.97. The van der Waals surface area contributed by atoms with Gasteiger partial charge in [-0.3, -0.25) is 23.5 Å². The van der Waals surface area contributed by atoms with E-state index in [2.05, 4.69) is 0 Å². The van der Waals surface area contributed by atoms with E-state index in [9.17, 15) is 24.0 Å². The fourth-order valence-corrected chi connectivity index (χ4v) is 4.47. The van der Waals surface area contributed by atoms with E-state index in [4.69, 9.17) is 4.74 Å². The molecule has 4 heterocycles.